The molecule has 1 N–H and O–H groups in total. The van der Waals surface area contributed by atoms with Gasteiger partial charge in [0.05, 0.1) is 0 Å². The van der Waals surface area contributed by atoms with E-state index < -0.39 is 0 Å². The van der Waals surface area contributed by atoms with Gasteiger partial charge < -0.3 is 5.11 Å². The van der Waals surface area contributed by atoms with Gasteiger partial charge in [0, 0.05) is 28.6 Å². The van der Waals surface area contributed by atoms with Crippen molar-refractivity contribution in [1.82, 2.24) is 4.98 Å². The molecule has 0 fully saturated rings. The number of para-hydroxylation sites is 1. The number of hydrogen-bond donors (Lipinski definition) is 0. The molecule has 4 rings (SSSR count). The molecule has 0 saturated heterocycles. The summed E-state index contributed by atoms with van der Waals surface area (Å²) in [6.45, 7) is 0. The standard InChI is InChI=1S/C18H12N2O.Mg/c21-16-6-2-1-5-14(16)15-10-9-13-8-7-12-4-3-11-19-17(12)18(13)20-15;/h1-11,21H;/q;+2. The summed E-state index contributed by atoms with van der Waals surface area (Å²) in [6.07, 6.45) is 1.78. The number of hydrogen-bond acceptors (Lipinski definition) is 2. The molecule has 22 heavy (non-hydrogen) atoms. The SMILES string of the molecule is [Mg+2].[O-]c1ccccc1-c1ccc2ccc3cccnc3c2[nH+]1. The van der Waals surface area contributed by atoms with Crippen LogP contribution in [0, 0.1) is 0 Å². The number of fused-ring (bicyclic) bond motifs is 3. The van der Waals surface area contributed by atoms with Gasteiger partial charge in [0.1, 0.15) is 5.52 Å². The van der Waals surface area contributed by atoms with E-state index in [0.29, 0.717) is 5.56 Å². The molecular formula is C18H12MgN2O+2. The van der Waals surface area contributed by atoms with Crippen molar-refractivity contribution in [3.63, 3.8) is 0 Å². The predicted molar refractivity (Wildman–Crippen MR) is 86.4 cm³/mol. The largest absolute Gasteiger partial charge is 2.00 e. The van der Waals surface area contributed by atoms with Gasteiger partial charge in [-0.3, -0.25) is 0 Å². The zero-order chi connectivity index (χ0) is 14.2. The summed E-state index contributed by atoms with van der Waals surface area (Å²) in [7, 11) is 0. The molecule has 2 heterocycles. The average molecular weight is 297 g/mol. The van der Waals surface area contributed by atoms with E-state index in [1.165, 1.54) is 0 Å². The fourth-order valence-corrected chi connectivity index (χ4v) is 2.63. The monoisotopic (exact) mass is 296 g/mol. The van der Waals surface area contributed by atoms with Crippen LogP contribution in [0.25, 0.3) is 33.1 Å². The van der Waals surface area contributed by atoms with Gasteiger partial charge in [0.15, 0.2) is 0 Å². The first kappa shape index (κ1) is 14.8. The van der Waals surface area contributed by atoms with Gasteiger partial charge in [-0.25, -0.2) is 9.97 Å². The van der Waals surface area contributed by atoms with Gasteiger partial charge in [0.25, 0.3) is 0 Å². The number of nitrogens with one attached hydrogen (secondary N) is 1. The molecule has 3 nitrogen and oxygen atoms in total. The number of aromatic amines is 1. The second-order valence-corrected chi connectivity index (χ2v) is 4.97. The van der Waals surface area contributed by atoms with Crippen LogP contribution >= 0.6 is 0 Å². The van der Waals surface area contributed by atoms with Crippen LogP contribution in [0.4, 0.5) is 0 Å². The maximum absolute atomic E-state index is 12.0. The Morgan fingerprint density at radius 1 is 0.818 bits per heavy atom. The minimum absolute atomic E-state index is 0. The van der Waals surface area contributed by atoms with E-state index in [4.69, 9.17) is 0 Å². The maximum Gasteiger partial charge on any atom is 2.00 e. The average Bonchev–Trinajstić information content (AvgIpc) is 2.55. The fourth-order valence-electron chi connectivity index (χ4n) is 2.63. The summed E-state index contributed by atoms with van der Waals surface area (Å²) in [4.78, 5) is 7.82. The van der Waals surface area contributed by atoms with Crippen LogP contribution in [0.5, 0.6) is 5.75 Å². The number of benzene rings is 2. The van der Waals surface area contributed by atoms with E-state index in [2.05, 4.69) is 22.1 Å². The molecule has 4 heteroatoms. The van der Waals surface area contributed by atoms with Gasteiger partial charge in [-0.2, -0.15) is 0 Å². The first-order chi connectivity index (χ1) is 10.3. The predicted octanol–water partition coefficient (Wildman–Crippen LogP) is 2.56. The molecule has 0 radical (unpaired) electrons. The van der Waals surface area contributed by atoms with Crippen LogP contribution in [0.1, 0.15) is 0 Å². The molecule has 0 spiro atoms. The second kappa shape index (κ2) is 5.91. The Hall–Kier alpha value is -2.17. The Bertz CT molecular complexity index is 969. The van der Waals surface area contributed by atoms with Gasteiger partial charge >= 0.3 is 23.1 Å². The summed E-state index contributed by atoms with van der Waals surface area (Å²) in [5.41, 5.74) is 3.35. The quantitative estimate of drug-likeness (QED) is 0.400. The van der Waals surface area contributed by atoms with Crippen LogP contribution in [-0.2, 0) is 0 Å². The Kier molecular flexibility index (Phi) is 3.96. The summed E-state index contributed by atoms with van der Waals surface area (Å²) in [5, 5.41) is 14.1. The molecule has 100 valence electrons. The van der Waals surface area contributed by atoms with E-state index >= 15 is 0 Å². The van der Waals surface area contributed by atoms with Crippen molar-refractivity contribution in [2.75, 3.05) is 0 Å². The molecule has 0 saturated carbocycles. The van der Waals surface area contributed by atoms with Crippen molar-refractivity contribution in [2.24, 2.45) is 0 Å². The Morgan fingerprint density at radius 3 is 2.45 bits per heavy atom. The third kappa shape index (κ3) is 2.40. The molecule has 0 aliphatic rings. The van der Waals surface area contributed by atoms with Crippen molar-refractivity contribution in [3.8, 4) is 17.0 Å². The molecule has 0 atom stereocenters. The van der Waals surface area contributed by atoms with Crippen molar-refractivity contribution in [3.05, 3.63) is 66.9 Å². The number of H-pyrrole nitrogens is 1. The molecule has 0 amide bonds. The third-order valence-corrected chi connectivity index (χ3v) is 3.67. The van der Waals surface area contributed by atoms with Gasteiger partial charge in [-0.15, -0.1) is 0 Å². The Balaban J connectivity index is 0.00000144. The number of aromatic nitrogens is 2. The minimum Gasteiger partial charge on any atom is -0.872 e. The summed E-state index contributed by atoms with van der Waals surface area (Å²) in [6, 6.07) is 19.1. The smallest absolute Gasteiger partial charge is 0.872 e. The first-order valence-electron chi connectivity index (χ1n) is 6.79. The van der Waals surface area contributed by atoms with Gasteiger partial charge in [0.2, 0.25) is 11.2 Å². The van der Waals surface area contributed by atoms with Crippen LogP contribution < -0.4 is 10.1 Å². The molecule has 0 unspecified atom stereocenters. The second-order valence-electron chi connectivity index (χ2n) is 4.97. The van der Waals surface area contributed by atoms with E-state index in [1.807, 2.05) is 36.4 Å². The number of nitrogens with zero attached hydrogens (tertiary/aromatic N) is 1. The molecular weight excluding hydrogens is 285 g/mol. The molecule has 4 aromatic rings. The topological polar surface area (TPSA) is 50.1 Å². The summed E-state index contributed by atoms with van der Waals surface area (Å²) < 4.78 is 0. The maximum atomic E-state index is 12.0. The van der Waals surface area contributed by atoms with Crippen molar-refractivity contribution in [1.29, 1.82) is 0 Å². The molecule has 2 aromatic carbocycles. The zero-order valence-electron chi connectivity index (χ0n) is 11.9. The molecule has 0 aliphatic heterocycles. The van der Waals surface area contributed by atoms with Crippen molar-refractivity contribution < 1.29 is 10.1 Å². The Morgan fingerprint density at radius 2 is 1.59 bits per heavy atom. The fraction of sp³-hybridized carbons (Fsp3) is 0. The van der Waals surface area contributed by atoms with E-state index in [9.17, 15) is 5.11 Å². The Labute approximate surface area is 143 Å². The van der Waals surface area contributed by atoms with Crippen molar-refractivity contribution in [2.45, 2.75) is 0 Å². The first-order valence-corrected chi connectivity index (χ1v) is 6.79. The van der Waals surface area contributed by atoms with E-state index in [1.54, 1.807) is 18.3 Å². The molecule has 0 aliphatic carbocycles. The summed E-state index contributed by atoms with van der Waals surface area (Å²) in [5.74, 6) is 0.0151. The van der Waals surface area contributed by atoms with E-state index in [-0.39, 0.29) is 28.8 Å². The van der Waals surface area contributed by atoms with Crippen molar-refractivity contribution >= 4 is 44.9 Å². The number of pyridine rings is 2. The number of rotatable bonds is 1. The molecule has 0 bridgehead atoms. The third-order valence-electron chi connectivity index (χ3n) is 3.67. The van der Waals surface area contributed by atoms with E-state index in [0.717, 1.165) is 27.5 Å². The molecule has 2 aromatic heterocycles. The normalized spacial score (nSPS) is 10.5. The van der Waals surface area contributed by atoms with Gasteiger partial charge in [-0.1, -0.05) is 36.1 Å². The zero-order valence-corrected chi connectivity index (χ0v) is 13.3. The van der Waals surface area contributed by atoms with Crippen LogP contribution in [-0.4, -0.2) is 28.0 Å². The summed E-state index contributed by atoms with van der Waals surface area (Å²) >= 11 is 0. The van der Waals surface area contributed by atoms with Gasteiger partial charge in [-0.05, 0) is 24.3 Å². The van der Waals surface area contributed by atoms with Crippen LogP contribution in [0.3, 0.4) is 0 Å². The van der Waals surface area contributed by atoms with Crippen LogP contribution in [0.2, 0.25) is 0 Å². The van der Waals surface area contributed by atoms with Crippen LogP contribution in [0.15, 0.2) is 66.9 Å². The minimum atomic E-state index is 0.